The van der Waals surface area contributed by atoms with Crippen LogP contribution in [0.3, 0.4) is 0 Å². The highest BCUT2D eigenvalue weighted by atomic mass is 19.1. The Balaban J connectivity index is 1.96. The number of nitrogens with two attached hydrogens (primary N) is 1. The van der Waals surface area contributed by atoms with Crippen LogP contribution in [0, 0.1) is 17.1 Å². The van der Waals surface area contributed by atoms with Crippen molar-refractivity contribution in [3.63, 3.8) is 0 Å². The van der Waals surface area contributed by atoms with Crippen LogP contribution in [0.1, 0.15) is 47.3 Å². The second-order valence-corrected chi connectivity index (χ2v) is 7.34. The molecule has 0 fully saturated rings. The van der Waals surface area contributed by atoms with E-state index in [1.807, 2.05) is 19.9 Å². The van der Waals surface area contributed by atoms with Crippen molar-refractivity contribution in [1.29, 1.82) is 5.26 Å². The number of aryl methyl sites for hydroxylation is 1. The summed E-state index contributed by atoms with van der Waals surface area (Å²) in [6.45, 7) is 3.63. The molecule has 2 aromatic carbocycles. The third kappa shape index (κ3) is 4.75. The maximum absolute atomic E-state index is 14.6. The lowest BCUT2D eigenvalue weighted by Crippen LogP contribution is -2.18. The normalized spacial score (nSPS) is 11.5. The van der Waals surface area contributed by atoms with Gasteiger partial charge in [0.15, 0.2) is 0 Å². The van der Waals surface area contributed by atoms with Gasteiger partial charge >= 0.3 is 5.97 Å². The lowest BCUT2D eigenvalue weighted by Gasteiger charge is -2.11. The number of aromatic amines is 1. The van der Waals surface area contributed by atoms with Crippen LogP contribution in [0.15, 0.2) is 41.5 Å². The number of amidine groups is 1. The summed E-state index contributed by atoms with van der Waals surface area (Å²) in [7, 11) is 0. The van der Waals surface area contributed by atoms with Gasteiger partial charge in [0.2, 0.25) is 0 Å². The number of H-pyrrole nitrogens is 1. The topological polar surface area (TPSA) is 142 Å². The van der Waals surface area contributed by atoms with Crippen LogP contribution in [0.4, 0.5) is 4.39 Å². The predicted molar refractivity (Wildman–Crippen MR) is 116 cm³/mol. The number of benzene rings is 2. The zero-order chi connectivity index (χ0) is 23.4. The summed E-state index contributed by atoms with van der Waals surface area (Å²) in [4.78, 5) is 30.2. The van der Waals surface area contributed by atoms with Crippen LogP contribution in [0.5, 0.6) is 5.75 Å². The van der Waals surface area contributed by atoms with Crippen molar-refractivity contribution in [2.24, 2.45) is 10.7 Å². The number of carboxylic acid groups (broad SMARTS) is 1. The van der Waals surface area contributed by atoms with Gasteiger partial charge in [-0.1, -0.05) is 0 Å². The summed E-state index contributed by atoms with van der Waals surface area (Å²) in [5, 5.41) is 18.8. The van der Waals surface area contributed by atoms with Crippen LogP contribution in [0.2, 0.25) is 0 Å². The lowest BCUT2D eigenvalue weighted by atomic mass is 10.0. The van der Waals surface area contributed by atoms with E-state index in [0.29, 0.717) is 22.2 Å². The van der Waals surface area contributed by atoms with Crippen LogP contribution in [0.25, 0.3) is 10.9 Å². The first-order chi connectivity index (χ1) is 15.2. The number of fused-ring (bicyclic) bond motifs is 1. The number of aliphatic carboxylic acids is 1. The summed E-state index contributed by atoms with van der Waals surface area (Å²) < 4.78 is 20.1. The molecular formula is C23H21FN4O4. The van der Waals surface area contributed by atoms with Crippen molar-refractivity contribution >= 4 is 28.6 Å². The third-order valence-corrected chi connectivity index (χ3v) is 4.69. The Hall–Kier alpha value is -4.19. The standard InChI is InChI=1S/C23H21FN4O4/c1-12(2)32-18-7-3-13(9-15(18)10-25)23(31)28-22(26)20-17(24)6-5-16-14(4-8-19(29)30)11-27-21(16)20/h3,5-7,9,11-12,27H,4,8H2,1-2H3,(H,29,30)(H2,26,28,31). The van der Waals surface area contributed by atoms with Crippen LogP contribution in [-0.4, -0.2) is 33.9 Å². The van der Waals surface area contributed by atoms with E-state index in [2.05, 4.69) is 9.98 Å². The molecule has 0 radical (unpaired) electrons. The van der Waals surface area contributed by atoms with Crippen molar-refractivity contribution < 1.29 is 23.8 Å². The van der Waals surface area contributed by atoms with E-state index in [1.54, 1.807) is 6.20 Å². The average Bonchev–Trinajstić information content (AvgIpc) is 3.14. The van der Waals surface area contributed by atoms with E-state index < -0.39 is 17.7 Å². The van der Waals surface area contributed by atoms with Crippen molar-refractivity contribution in [3.05, 3.63) is 64.6 Å². The Labute approximate surface area is 183 Å². The highest BCUT2D eigenvalue weighted by molar-refractivity contribution is 6.14. The molecule has 0 spiro atoms. The minimum Gasteiger partial charge on any atom is -0.490 e. The number of aliphatic imine (C=N–C) groups is 1. The van der Waals surface area contributed by atoms with Gasteiger partial charge in [0.25, 0.3) is 5.91 Å². The fraction of sp³-hybridized carbons (Fsp3) is 0.217. The molecule has 4 N–H and O–H groups in total. The van der Waals surface area contributed by atoms with Gasteiger partial charge < -0.3 is 20.6 Å². The molecule has 0 atom stereocenters. The van der Waals surface area contributed by atoms with Crippen LogP contribution < -0.4 is 10.5 Å². The first kappa shape index (κ1) is 22.5. The van der Waals surface area contributed by atoms with Crippen molar-refractivity contribution in [2.75, 3.05) is 0 Å². The molecule has 0 aliphatic rings. The van der Waals surface area contributed by atoms with Gasteiger partial charge in [0.05, 0.1) is 22.7 Å². The number of amides is 1. The molecule has 9 heteroatoms. The smallest absolute Gasteiger partial charge is 0.303 e. The SMILES string of the molecule is CC(C)Oc1ccc(C(=O)N=C(N)c2c(F)ccc3c(CCC(=O)O)c[nH]c23)cc1C#N. The molecule has 32 heavy (non-hydrogen) atoms. The molecule has 0 aliphatic heterocycles. The minimum atomic E-state index is -0.949. The molecule has 1 heterocycles. The number of rotatable bonds is 7. The largest absolute Gasteiger partial charge is 0.490 e. The second-order valence-electron chi connectivity index (χ2n) is 7.34. The second kappa shape index (κ2) is 9.31. The van der Waals surface area contributed by atoms with Crippen molar-refractivity contribution in [2.45, 2.75) is 32.8 Å². The van der Waals surface area contributed by atoms with Crippen LogP contribution >= 0.6 is 0 Å². The molecule has 0 aliphatic carbocycles. The zero-order valence-corrected chi connectivity index (χ0v) is 17.5. The summed E-state index contributed by atoms with van der Waals surface area (Å²) in [6, 6.07) is 8.97. The van der Waals surface area contributed by atoms with Gasteiger partial charge in [-0.25, -0.2) is 4.39 Å². The number of halogens is 1. The van der Waals surface area contributed by atoms with Gasteiger partial charge in [-0.05, 0) is 56.2 Å². The number of carboxylic acids is 1. The molecule has 8 nitrogen and oxygen atoms in total. The molecule has 1 amide bonds. The minimum absolute atomic E-state index is 0.0839. The van der Waals surface area contributed by atoms with E-state index in [9.17, 15) is 19.2 Å². The number of aromatic nitrogens is 1. The van der Waals surface area contributed by atoms with Crippen molar-refractivity contribution in [3.8, 4) is 11.8 Å². The average molecular weight is 436 g/mol. The Morgan fingerprint density at radius 3 is 2.72 bits per heavy atom. The molecule has 3 aromatic rings. The quantitative estimate of drug-likeness (QED) is 0.382. The molecule has 0 bridgehead atoms. The summed E-state index contributed by atoms with van der Waals surface area (Å²) in [6.07, 6.45) is 1.59. The highest BCUT2D eigenvalue weighted by Crippen LogP contribution is 2.26. The van der Waals surface area contributed by atoms with Gasteiger partial charge in [-0.3, -0.25) is 9.59 Å². The highest BCUT2D eigenvalue weighted by Gasteiger charge is 2.18. The van der Waals surface area contributed by atoms with Gasteiger partial charge in [0.1, 0.15) is 23.5 Å². The van der Waals surface area contributed by atoms with Crippen LogP contribution in [-0.2, 0) is 11.2 Å². The third-order valence-electron chi connectivity index (χ3n) is 4.69. The number of hydrogen-bond donors (Lipinski definition) is 3. The summed E-state index contributed by atoms with van der Waals surface area (Å²) >= 11 is 0. The molecular weight excluding hydrogens is 415 g/mol. The van der Waals surface area contributed by atoms with Crippen molar-refractivity contribution in [1.82, 2.24) is 4.98 Å². The number of ether oxygens (including phenoxy) is 1. The number of hydrogen-bond acceptors (Lipinski definition) is 4. The van der Waals surface area contributed by atoms with Gasteiger partial charge in [-0.2, -0.15) is 10.3 Å². The fourth-order valence-electron chi connectivity index (χ4n) is 3.27. The van der Waals surface area contributed by atoms with E-state index in [0.717, 1.165) is 0 Å². The Kier molecular flexibility index (Phi) is 6.54. The van der Waals surface area contributed by atoms with E-state index in [-0.39, 0.29) is 41.5 Å². The predicted octanol–water partition coefficient (Wildman–Crippen LogP) is 3.53. The Morgan fingerprint density at radius 2 is 2.06 bits per heavy atom. The number of nitrogens with zero attached hydrogens (tertiary/aromatic N) is 2. The maximum atomic E-state index is 14.6. The number of carbonyl (C=O) groups is 2. The molecule has 3 rings (SSSR count). The van der Waals surface area contributed by atoms with E-state index in [1.165, 1.54) is 30.3 Å². The maximum Gasteiger partial charge on any atom is 0.303 e. The zero-order valence-electron chi connectivity index (χ0n) is 17.5. The van der Waals surface area contributed by atoms with Gasteiger partial charge in [0, 0.05) is 23.6 Å². The molecule has 1 aromatic heterocycles. The Bertz CT molecular complexity index is 1270. The lowest BCUT2D eigenvalue weighted by molar-refractivity contribution is -0.136. The summed E-state index contributed by atoms with van der Waals surface area (Å²) in [5.74, 6) is -2.38. The molecule has 0 unspecified atom stereocenters. The molecule has 0 saturated carbocycles. The number of nitriles is 1. The summed E-state index contributed by atoms with van der Waals surface area (Å²) in [5.41, 5.74) is 7.16. The van der Waals surface area contributed by atoms with Gasteiger partial charge in [-0.15, -0.1) is 0 Å². The fourth-order valence-corrected chi connectivity index (χ4v) is 3.27. The first-order valence-electron chi connectivity index (χ1n) is 9.81. The van der Waals surface area contributed by atoms with E-state index in [4.69, 9.17) is 15.6 Å². The number of nitrogens with one attached hydrogen (secondary N) is 1. The van der Waals surface area contributed by atoms with E-state index >= 15 is 0 Å². The monoisotopic (exact) mass is 436 g/mol. The Morgan fingerprint density at radius 1 is 1.31 bits per heavy atom. The molecule has 164 valence electrons. The molecule has 0 saturated heterocycles. The number of carbonyl (C=O) groups excluding carboxylic acids is 1. The first-order valence-corrected chi connectivity index (χ1v) is 9.81.